The summed E-state index contributed by atoms with van der Waals surface area (Å²) in [5.41, 5.74) is 2.24. The van der Waals surface area contributed by atoms with Gasteiger partial charge in [-0.05, 0) is 30.3 Å². The number of fused-ring (bicyclic) bond motifs is 1. The molecule has 3 aromatic rings. The van der Waals surface area contributed by atoms with Crippen molar-refractivity contribution in [1.82, 2.24) is 9.55 Å². The second-order valence-corrected chi connectivity index (χ2v) is 4.41. The van der Waals surface area contributed by atoms with Crippen LogP contribution in [0.3, 0.4) is 0 Å². The molecule has 0 saturated heterocycles. The quantitative estimate of drug-likeness (QED) is 0.679. The van der Waals surface area contributed by atoms with Crippen LogP contribution in [0, 0.1) is 23.0 Å². The minimum absolute atomic E-state index is 0.451. The molecule has 0 amide bonds. The highest BCUT2D eigenvalue weighted by atomic mass is 19.2. The predicted octanol–water partition coefficient (Wildman–Crippen LogP) is 3.39. The van der Waals surface area contributed by atoms with Crippen LogP contribution in [0.5, 0.6) is 0 Å². The number of halogens is 2. The topological polar surface area (TPSA) is 41.6 Å². The maximum absolute atomic E-state index is 13.3. The summed E-state index contributed by atoms with van der Waals surface area (Å²) in [6.45, 7) is 0. The van der Waals surface area contributed by atoms with Gasteiger partial charge in [0.15, 0.2) is 11.6 Å². The monoisotopic (exact) mass is 269 g/mol. The third-order valence-electron chi connectivity index (χ3n) is 3.21. The predicted molar refractivity (Wildman–Crippen MR) is 70.8 cm³/mol. The van der Waals surface area contributed by atoms with Crippen LogP contribution in [0.4, 0.5) is 8.78 Å². The summed E-state index contributed by atoms with van der Waals surface area (Å²) in [7, 11) is 1.77. The van der Waals surface area contributed by atoms with Crippen LogP contribution >= 0.6 is 0 Å². The number of nitriles is 1. The molecular formula is C15H9F2N3. The molecule has 0 N–H and O–H groups in total. The third kappa shape index (κ3) is 1.74. The van der Waals surface area contributed by atoms with Crippen molar-refractivity contribution in [2.45, 2.75) is 0 Å². The van der Waals surface area contributed by atoms with Crippen molar-refractivity contribution < 1.29 is 8.78 Å². The molecule has 2 aromatic carbocycles. The Morgan fingerprint density at radius 1 is 1.15 bits per heavy atom. The van der Waals surface area contributed by atoms with Gasteiger partial charge in [0, 0.05) is 12.6 Å². The Bertz CT molecular complexity index is 859. The number of benzene rings is 2. The number of hydrogen-bond acceptors (Lipinski definition) is 2. The number of para-hydroxylation sites is 1. The molecule has 0 unspecified atom stereocenters. The van der Waals surface area contributed by atoms with E-state index < -0.39 is 11.6 Å². The SMILES string of the molecule is Cn1c(-c2ccc(F)c(F)c2)nc2c(C#N)cccc21. The molecule has 20 heavy (non-hydrogen) atoms. The van der Waals surface area contributed by atoms with E-state index in [1.54, 1.807) is 23.7 Å². The summed E-state index contributed by atoms with van der Waals surface area (Å²) >= 11 is 0. The second kappa shape index (κ2) is 4.42. The lowest BCUT2D eigenvalue weighted by atomic mass is 10.2. The maximum atomic E-state index is 13.3. The lowest BCUT2D eigenvalue weighted by Gasteiger charge is -2.03. The molecule has 5 heteroatoms. The van der Waals surface area contributed by atoms with E-state index in [9.17, 15) is 8.78 Å². The number of nitrogens with zero attached hydrogens (tertiary/aromatic N) is 3. The number of hydrogen-bond donors (Lipinski definition) is 0. The molecule has 0 spiro atoms. The molecule has 1 heterocycles. The fourth-order valence-corrected chi connectivity index (χ4v) is 2.20. The molecule has 0 aliphatic rings. The van der Waals surface area contributed by atoms with Gasteiger partial charge in [-0.3, -0.25) is 0 Å². The average Bonchev–Trinajstić information content (AvgIpc) is 2.79. The molecule has 0 radical (unpaired) electrons. The number of aryl methyl sites for hydroxylation is 1. The van der Waals surface area contributed by atoms with Gasteiger partial charge in [0.05, 0.1) is 11.1 Å². The van der Waals surface area contributed by atoms with Gasteiger partial charge in [-0.2, -0.15) is 5.26 Å². The van der Waals surface area contributed by atoms with Gasteiger partial charge >= 0.3 is 0 Å². The van der Waals surface area contributed by atoms with E-state index in [0.29, 0.717) is 22.5 Å². The fourth-order valence-electron chi connectivity index (χ4n) is 2.20. The van der Waals surface area contributed by atoms with Crippen molar-refractivity contribution in [3.63, 3.8) is 0 Å². The van der Waals surface area contributed by atoms with Crippen LogP contribution in [-0.4, -0.2) is 9.55 Å². The first kappa shape index (κ1) is 12.3. The van der Waals surface area contributed by atoms with Crippen LogP contribution < -0.4 is 0 Å². The third-order valence-corrected chi connectivity index (χ3v) is 3.21. The maximum Gasteiger partial charge on any atom is 0.159 e. The van der Waals surface area contributed by atoms with Crippen molar-refractivity contribution in [1.29, 1.82) is 5.26 Å². The summed E-state index contributed by atoms with van der Waals surface area (Å²) in [4.78, 5) is 4.38. The Morgan fingerprint density at radius 2 is 1.95 bits per heavy atom. The average molecular weight is 269 g/mol. The zero-order chi connectivity index (χ0) is 14.3. The second-order valence-electron chi connectivity index (χ2n) is 4.41. The van der Waals surface area contributed by atoms with E-state index in [0.717, 1.165) is 17.6 Å². The summed E-state index contributed by atoms with van der Waals surface area (Å²) in [5.74, 6) is -1.33. The van der Waals surface area contributed by atoms with E-state index in [1.807, 2.05) is 6.07 Å². The van der Waals surface area contributed by atoms with Crippen molar-refractivity contribution in [2.75, 3.05) is 0 Å². The highest BCUT2D eigenvalue weighted by Gasteiger charge is 2.14. The minimum Gasteiger partial charge on any atom is -0.327 e. The summed E-state index contributed by atoms with van der Waals surface area (Å²) < 4.78 is 28.1. The van der Waals surface area contributed by atoms with Crippen molar-refractivity contribution >= 4 is 11.0 Å². The lowest BCUT2D eigenvalue weighted by molar-refractivity contribution is 0.509. The fraction of sp³-hybridized carbons (Fsp3) is 0.0667. The molecule has 0 saturated carbocycles. The standard InChI is InChI=1S/C15H9F2N3/c1-20-13-4-2-3-10(8-18)14(13)19-15(20)9-5-6-11(16)12(17)7-9/h2-7H,1H3. The van der Waals surface area contributed by atoms with Crippen LogP contribution in [0.2, 0.25) is 0 Å². The van der Waals surface area contributed by atoms with Gasteiger partial charge in [-0.1, -0.05) is 6.07 Å². The van der Waals surface area contributed by atoms with Gasteiger partial charge < -0.3 is 4.57 Å². The molecule has 3 rings (SSSR count). The summed E-state index contributed by atoms with van der Waals surface area (Å²) in [6.07, 6.45) is 0. The Labute approximate surface area is 113 Å². The summed E-state index contributed by atoms with van der Waals surface area (Å²) in [5, 5.41) is 9.08. The van der Waals surface area contributed by atoms with Gasteiger partial charge in [0.2, 0.25) is 0 Å². The van der Waals surface area contributed by atoms with E-state index in [1.165, 1.54) is 6.07 Å². The van der Waals surface area contributed by atoms with Crippen molar-refractivity contribution in [3.05, 3.63) is 53.6 Å². The zero-order valence-corrected chi connectivity index (χ0v) is 10.6. The van der Waals surface area contributed by atoms with Crippen LogP contribution in [0.1, 0.15) is 5.56 Å². The Hall–Kier alpha value is -2.74. The molecule has 3 nitrogen and oxygen atoms in total. The van der Waals surface area contributed by atoms with E-state index in [4.69, 9.17) is 5.26 Å². The van der Waals surface area contributed by atoms with Crippen LogP contribution in [0.25, 0.3) is 22.4 Å². The smallest absolute Gasteiger partial charge is 0.159 e. The largest absolute Gasteiger partial charge is 0.327 e. The van der Waals surface area contributed by atoms with Gasteiger partial charge in [0.1, 0.15) is 17.4 Å². The Kier molecular flexibility index (Phi) is 2.72. The van der Waals surface area contributed by atoms with Crippen LogP contribution in [-0.2, 0) is 7.05 Å². The van der Waals surface area contributed by atoms with Gasteiger partial charge in [-0.25, -0.2) is 13.8 Å². The summed E-state index contributed by atoms with van der Waals surface area (Å²) in [6, 6.07) is 11.0. The molecule has 0 aliphatic carbocycles. The number of aromatic nitrogens is 2. The molecule has 0 atom stereocenters. The number of rotatable bonds is 1. The highest BCUT2D eigenvalue weighted by molar-refractivity contribution is 5.85. The van der Waals surface area contributed by atoms with Gasteiger partial charge in [-0.15, -0.1) is 0 Å². The van der Waals surface area contributed by atoms with E-state index in [-0.39, 0.29) is 0 Å². The van der Waals surface area contributed by atoms with E-state index >= 15 is 0 Å². The van der Waals surface area contributed by atoms with Gasteiger partial charge in [0.25, 0.3) is 0 Å². The first-order chi connectivity index (χ1) is 9.61. The van der Waals surface area contributed by atoms with Crippen LogP contribution in [0.15, 0.2) is 36.4 Å². The first-order valence-electron chi connectivity index (χ1n) is 5.93. The lowest BCUT2D eigenvalue weighted by Crippen LogP contribution is -1.94. The molecule has 0 aliphatic heterocycles. The Balaban J connectivity index is 2.29. The molecular weight excluding hydrogens is 260 g/mol. The zero-order valence-electron chi connectivity index (χ0n) is 10.6. The van der Waals surface area contributed by atoms with E-state index in [2.05, 4.69) is 11.1 Å². The normalized spacial score (nSPS) is 10.7. The van der Waals surface area contributed by atoms with Crippen molar-refractivity contribution in [2.24, 2.45) is 7.05 Å². The molecule has 0 bridgehead atoms. The first-order valence-corrected chi connectivity index (χ1v) is 5.93. The Morgan fingerprint density at radius 3 is 2.65 bits per heavy atom. The number of imidazole rings is 1. The minimum atomic E-state index is -0.921. The highest BCUT2D eigenvalue weighted by Crippen LogP contribution is 2.26. The molecule has 98 valence electrons. The van der Waals surface area contributed by atoms with Crippen molar-refractivity contribution in [3.8, 4) is 17.5 Å². The molecule has 0 fully saturated rings. The molecule has 1 aromatic heterocycles.